The molecule has 0 unspecified atom stereocenters. The van der Waals surface area contributed by atoms with E-state index < -0.39 is 30.5 Å². The van der Waals surface area contributed by atoms with Gasteiger partial charge in [0, 0.05) is 11.3 Å². The number of rotatable bonds is 6. The number of aromatic amines is 1. The van der Waals surface area contributed by atoms with Crippen LogP contribution in [-0.4, -0.2) is 64.9 Å². The molecule has 0 saturated carbocycles. The molecule has 9 nitrogen and oxygen atoms in total. The van der Waals surface area contributed by atoms with E-state index in [4.69, 9.17) is 14.0 Å². The van der Waals surface area contributed by atoms with Gasteiger partial charge in [0.1, 0.15) is 11.9 Å². The van der Waals surface area contributed by atoms with Gasteiger partial charge in [0.25, 0.3) is 0 Å². The lowest BCUT2D eigenvalue weighted by Gasteiger charge is -2.32. The molecule has 0 spiro atoms. The fourth-order valence-corrected chi connectivity index (χ4v) is 5.34. The SMILES string of the molecule is COC(=O)N[C@H](C(=O)N1CCC[C@H]1c1ncc(-c2ccc(B3OC(C)(C)C(C)(C)O3)s2)[nH]1)C(C)C. The number of hydrogen-bond donors (Lipinski definition) is 2. The van der Waals surface area contributed by atoms with Crippen LogP contribution in [0.15, 0.2) is 18.3 Å². The standard InChI is InChI=1S/C24H35BN4O5S/c1-14(2)19(28-22(31)32-7)21(30)29-12-8-9-16(29)20-26-13-15(27-20)17-10-11-18(35-17)25-33-23(3,4)24(5,6)34-25/h10-11,13-14,16,19H,8-9,12H2,1-7H3,(H,26,27)(H,28,31)/t16-,19-/m0/s1. The predicted octanol–water partition coefficient (Wildman–Crippen LogP) is 3.48. The second kappa shape index (κ2) is 9.59. The summed E-state index contributed by atoms with van der Waals surface area (Å²) in [7, 11) is 0.891. The zero-order valence-corrected chi connectivity index (χ0v) is 22.3. The highest BCUT2D eigenvalue weighted by atomic mass is 32.1. The van der Waals surface area contributed by atoms with Crippen LogP contribution in [0.3, 0.4) is 0 Å². The summed E-state index contributed by atoms with van der Waals surface area (Å²) in [5.41, 5.74) is 0.107. The van der Waals surface area contributed by atoms with Crippen molar-refractivity contribution >= 4 is 35.2 Å². The summed E-state index contributed by atoms with van der Waals surface area (Å²) in [5.74, 6) is 0.552. The quantitative estimate of drug-likeness (QED) is 0.586. The Labute approximate surface area is 211 Å². The fourth-order valence-electron chi connectivity index (χ4n) is 4.41. The largest absolute Gasteiger partial charge is 0.505 e. The van der Waals surface area contributed by atoms with Crippen LogP contribution in [0.4, 0.5) is 4.79 Å². The zero-order chi connectivity index (χ0) is 25.5. The number of carbonyl (C=O) groups excluding carboxylic acids is 2. The lowest BCUT2D eigenvalue weighted by atomic mass is 9.88. The first-order valence-corrected chi connectivity index (χ1v) is 12.9. The Morgan fingerprint density at radius 3 is 2.57 bits per heavy atom. The van der Waals surface area contributed by atoms with Crippen molar-refractivity contribution in [1.29, 1.82) is 0 Å². The van der Waals surface area contributed by atoms with Crippen LogP contribution in [0.2, 0.25) is 0 Å². The number of imidazole rings is 1. The molecule has 190 valence electrons. The van der Waals surface area contributed by atoms with Crippen LogP contribution in [0.5, 0.6) is 0 Å². The molecule has 2 aliphatic rings. The van der Waals surface area contributed by atoms with Gasteiger partial charge in [-0.1, -0.05) is 19.9 Å². The summed E-state index contributed by atoms with van der Waals surface area (Å²) in [6, 6.07) is 3.24. The minimum absolute atomic E-state index is 0.0745. The number of H-pyrrole nitrogens is 1. The van der Waals surface area contributed by atoms with Gasteiger partial charge in [0.15, 0.2) is 0 Å². The molecule has 35 heavy (non-hydrogen) atoms. The van der Waals surface area contributed by atoms with Gasteiger partial charge in [-0.05, 0) is 52.5 Å². The summed E-state index contributed by atoms with van der Waals surface area (Å²) >= 11 is 1.60. The Balaban J connectivity index is 1.50. The minimum Gasteiger partial charge on any atom is -0.453 e. The fraction of sp³-hybridized carbons (Fsp3) is 0.625. The highest BCUT2D eigenvalue weighted by Crippen LogP contribution is 2.38. The zero-order valence-electron chi connectivity index (χ0n) is 21.5. The van der Waals surface area contributed by atoms with Crippen molar-refractivity contribution in [2.45, 2.75) is 77.7 Å². The maximum absolute atomic E-state index is 13.3. The van der Waals surface area contributed by atoms with Crippen LogP contribution in [0.1, 0.15) is 66.3 Å². The Hall–Kier alpha value is -2.37. The van der Waals surface area contributed by atoms with Crippen LogP contribution < -0.4 is 10.1 Å². The molecule has 2 fully saturated rings. The third kappa shape index (κ3) is 4.99. The van der Waals surface area contributed by atoms with E-state index in [-0.39, 0.29) is 17.9 Å². The number of likely N-dealkylation sites (tertiary alicyclic amines) is 1. The van der Waals surface area contributed by atoms with E-state index in [1.807, 2.05) is 64.8 Å². The molecule has 2 aliphatic heterocycles. The number of hydrogen-bond acceptors (Lipinski definition) is 7. The first-order chi connectivity index (χ1) is 16.4. The van der Waals surface area contributed by atoms with E-state index in [0.29, 0.717) is 6.54 Å². The number of alkyl carbamates (subject to hydrolysis) is 1. The maximum Gasteiger partial charge on any atom is 0.505 e. The van der Waals surface area contributed by atoms with E-state index in [0.717, 1.165) is 34.0 Å². The van der Waals surface area contributed by atoms with Crippen molar-refractivity contribution in [3.05, 3.63) is 24.2 Å². The van der Waals surface area contributed by atoms with Gasteiger partial charge in [0.2, 0.25) is 5.91 Å². The lowest BCUT2D eigenvalue weighted by molar-refractivity contribution is -0.135. The Morgan fingerprint density at radius 2 is 1.94 bits per heavy atom. The van der Waals surface area contributed by atoms with E-state index in [9.17, 15) is 9.59 Å². The van der Waals surface area contributed by atoms with Gasteiger partial charge < -0.3 is 29.2 Å². The van der Waals surface area contributed by atoms with Gasteiger partial charge >= 0.3 is 13.2 Å². The number of nitrogens with zero attached hydrogens (tertiary/aromatic N) is 2. The molecule has 2 saturated heterocycles. The molecule has 0 aromatic carbocycles. The van der Waals surface area contributed by atoms with E-state index in [1.54, 1.807) is 11.3 Å². The Kier molecular flexibility index (Phi) is 7.05. The smallest absolute Gasteiger partial charge is 0.453 e. The van der Waals surface area contributed by atoms with Gasteiger partial charge in [-0.2, -0.15) is 0 Å². The first kappa shape index (κ1) is 25.7. The van der Waals surface area contributed by atoms with Crippen LogP contribution in [0, 0.1) is 5.92 Å². The predicted molar refractivity (Wildman–Crippen MR) is 135 cm³/mol. The number of nitrogens with one attached hydrogen (secondary N) is 2. The molecule has 2 amide bonds. The highest BCUT2D eigenvalue weighted by molar-refractivity contribution is 7.25. The van der Waals surface area contributed by atoms with Gasteiger partial charge in [0.05, 0.1) is 41.1 Å². The second-order valence-electron chi connectivity index (χ2n) is 10.5. The topological polar surface area (TPSA) is 106 Å². The summed E-state index contributed by atoms with van der Waals surface area (Å²) < 4.78 is 18.1. The lowest BCUT2D eigenvalue weighted by Crippen LogP contribution is -2.51. The second-order valence-corrected chi connectivity index (χ2v) is 11.6. The third-order valence-corrected chi connectivity index (χ3v) is 8.36. The Morgan fingerprint density at radius 1 is 1.26 bits per heavy atom. The molecule has 2 aromatic heterocycles. The third-order valence-electron chi connectivity index (χ3n) is 7.22. The molecule has 11 heteroatoms. The number of methoxy groups -OCH3 is 1. The van der Waals surface area contributed by atoms with Crippen LogP contribution in [-0.2, 0) is 18.8 Å². The number of carbonyl (C=O) groups is 2. The van der Waals surface area contributed by atoms with Crippen molar-refractivity contribution < 1.29 is 23.6 Å². The highest BCUT2D eigenvalue weighted by Gasteiger charge is 2.52. The molecule has 2 N–H and O–H groups in total. The maximum atomic E-state index is 13.3. The van der Waals surface area contributed by atoms with Crippen molar-refractivity contribution in [1.82, 2.24) is 20.2 Å². The van der Waals surface area contributed by atoms with Crippen molar-refractivity contribution in [3.8, 4) is 10.6 Å². The minimum atomic E-state index is -0.655. The van der Waals surface area contributed by atoms with E-state index in [2.05, 4.69) is 15.3 Å². The monoisotopic (exact) mass is 502 g/mol. The molecule has 4 heterocycles. The number of thiophene rings is 1. The van der Waals surface area contributed by atoms with Crippen molar-refractivity contribution in [2.24, 2.45) is 5.92 Å². The van der Waals surface area contributed by atoms with Crippen LogP contribution >= 0.6 is 11.3 Å². The van der Waals surface area contributed by atoms with E-state index >= 15 is 0 Å². The van der Waals surface area contributed by atoms with E-state index in [1.165, 1.54) is 7.11 Å². The number of aromatic nitrogens is 2. The van der Waals surface area contributed by atoms with Crippen molar-refractivity contribution in [2.75, 3.05) is 13.7 Å². The number of ether oxygens (including phenoxy) is 1. The average molecular weight is 502 g/mol. The normalized spacial score (nSPS) is 22.0. The molecule has 0 aliphatic carbocycles. The molecular formula is C24H35BN4O5S. The van der Waals surface area contributed by atoms with Gasteiger partial charge in [-0.25, -0.2) is 9.78 Å². The van der Waals surface area contributed by atoms with Crippen molar-refractivity contribution in [3.63, 3.8) is 0 Å². The Bertz CT molecular complexity index is 1070. The van der Waals surface area contributed by atoms with Gasteiger partial charge in [-0.15, -0.1) is 11.3 Å². The molecular weight excluding hydrogens is 467 g/mol. The van der Waals surface area contributed by atoms with Gasteiger partial charge in [-0.3, -0.25) is 4.79 Å². The summed E-state index contributed by atoms with van der Waals surface area (Å²) in [6.07, 6.45) is 2.89. The summed E-state index contributed by atoms with van der Waals surface area (Å²) in [5, 5.41) is 2.68. The first-order valence-electron chi connectivity index (χ1n) is 12.1. The molecule has 0 bridgehead atoms. The molecule has 0 radical (unpaired) electrons. The molecule has 2 aromatic rings. The summed E-state index contributed by atoms with van der Waals surface area (Å²) in [4.78, 5) is 36.0. The van der Waals surface area contributed by atoms with Crippen LogP contribution in [0.25, 0.3) is 10.6 Å². The molecule has 4 rings (SSSR count). The number of amides is 2. The molecule has 2 atom stereocenters. The average Bonchev–Trinajstić information content (AvgIpc) is 3.56. The summed E-state index contributed by atoms with van der Waals surface area (Å²) in [6.45, 7) is 12.6.